The number of carbonyl (C=O) groups excluding carboxylic acids is 1. The van der Waals surface area contributed by atoms with Crippen LogP contribution < -0.4 is 11.3 Å². The average Bonchev–Trinajstić information content (AvgIpc) is 2.95. The molecule has 0 radical (unpaired) electrons. The summed E-state index contributed by atoms with van der Waals surface area (Å²) in [5, 5.41) is 0. The van der Waals surface area contributed by atoms with Gasteiger partial charge in [-0.15, -0.1) is 0 Å². The summed E-state index contributed by atoms with van der Waals surface area (Å²) in [7, 11) is 0. The van der Waals surface area contributed by atoms with E-state index in [1.54, 1.807) is 4.57 Å². The Kier molecular flexibility index (Phi) is 9.56. The van der Waals surface area contributed by atoms with Gasteiger partial charge in [-0.25, -0.2) is 4.98 Å². The molecule has 0 aliphatic rings. The van der Waals surface area contributed by atoms with Crippen LogP contribution in [0.1, 0.15) is 70.4 Å². The zero-order chi connectivity index (χ0) is 29.7. The fourth-order valence-corrected chi connectivity index (χ4v) is 5.34. The van der Waals surface area contributed by atoms with Crippen molar-refractivity contribution < 1.29 is 4.79 Å². The number of rotatable bonds is 10. The molecule has 1 heterocycles. The summed E-state index contributed by atoms with van der Waals surface area (Å²) in [6.07, 6.45) is 0.642. The Hall–Kier alpha value is -4.03. The molecule has 0 saturated carbocycles. The van der Waals surface area contributed by atoms with Crippen molar-refractivity contribution >= 4 is 5.91 Å². The van der Waals surface area contributed by atoms with Crippen LogP contribution >= 0.6 is 0 Å². The van der Waals surface area contributed by atoms with E-state index >= 15 is 0 Å². The van der Waals surface area contributed by atoms with Crippen LogP contribution in [0.15, 0.2) is 77.6 Å². The van der Waals surface area contributed by atoms with Gasteiger partial charge in [-0.1, -0.05) is 80.1 Å². The van der Waals surface area contributed by atoms with E-state index in [-0.39, 0.29) is 17.4 Å². The number of nitrogens with two attached hydrogens (primary N) is 1. The van der Waals surface area contributed by atoms with Crippen LogP contribution in [0.5, 0.6) is 0 Å². The summed E-state index contributed by atoms with van der Waals surface area (Å²) in [4.78, 5) is 35.5. The number of aryl methyl sites for hydroxylation is 4. The highest BCUT2D eigenvalue weighted by atomic mass is 16.2. The molecular formula is C35H42N4O2. The lowest BCUT2D eigenvalue weighted by Gasteiger charge is -2.36. The normalized spacial score (nSPS) is 12.0. The van der Waals surface area contributed by atoms with Crippen LogP contribution in [0.2, 0.25) is 0 Å². The zero-order valence-corrected chi connectivity index (χ0v) is 25.1. The Balaban J connectivity index is 1.95. The highest BCUT2D eigenvalue weighted by Crippen LogP contribution is 2.31. The monoisotopic (exact) mass is 550 g/mol. The third-order valence-electron chi connectivity index (χ3n) is 7.75. The van der Waals surface area contributed by atoms with Crippen LogP contribution in [-0.2, 0) is 6.54 Å². The lowest BCUT2D eigenvalue weighted by molar-refractivity contribution is 0.0602. The van der Waals surface area contributed by atoms with Crippen LogP contribution in [0, 0.1) is 33.6 Å². The highest BCUT2D eigenvalue weighted by molar-refractivity contribution is 5.94. The first-order valence-corrected chi connectivity index (χ1v) is 14.4. The van der Waals surface area contributed by atoms with Crippen molar-refractivity contribution in [2.75, 3.05) is 13.1 Å². The van der Waals surface area contributed by atoms with Gasteiger partial charge >= 0.3 is 0 Å². The molecule has 0 bridgehead atoms. The number of carbonyl (C=O) groups is 1. The van der Waals surface area contributed by atoms with Crippen molar-refractivity contribution in [3.63, 3.8) is 0 Å². The van der Waals surface area contributed by atoms with Gasteiger partial charge in [0.2, 0.25) is 0 Å². The number of nitrogens with zero attached hydrogens (tertiary/aromatic N) is 3. The van der Waals surface area contributed by atoms with Gasteiger partial charge in [0.1, 0.15) is 5.82 Å². The number of amides is 1. The lowest BCUT2D eigenvalue weighted by atomic mass is 9.97. The molecule has 214 valence electrons. The smallest absolute Gasteiger partial charge is 0.262 e. The zero-order valence-electron chi connectivity index (χ0n) is 25.1. The van der Waals surface area contributed by atoms with E-state index in [1.165, 1.54) is 5.56 Å². The van der Waals surface area contributed by atoms with Crippen LogP contribution in [0.3, 0.4) is 0 Å². The topological polar surface area (TPSA) is 81.2 Å². The molecule has 3 aromatic carbocycles. The summed E-state index contributed by atoms with van der Waals surface area (Å²) >= 11 is 0. The first kappa shape index (κ1) is 29.9. The van der Waals surface area contributed by atoms with E-state index in [1.807, 2.05) is 85.5 Å². The molecule has 0 spiro atoms. The molecule has 0 aliphatic carbocycles. The first-order valence-electron chi connectivity index (χ1n) is 14.4. The summed E-state index contributed by atoms with van der Waals surface area (Å²) in [5.41, 5.74) is 12.9. The Morgan fingerprint density at radius 2 is 1.61 bits per heavy atom. The second-order valence-corrected chi connectivity index (χ2v) is 11.3. The Morgan fingerprint density at radius 3 is 2.22 bits per heavy atom. The minimum absolute atomic E-state index is 0.0111. The van der Waals surface area contributed by atoms with E-state index in [4.69, 9.17) is 10.7 Å². The molecule has 6 heteroatoms. The van der Waals surface area contributed by atoms with Crippen LogP contribution in [-0.4, -0.2) is 33.4 Å². The third-order valence-corrected chi connectivity index (χ3v) is 7.75. The van der Waals surface area contributed by atoms with E-state index in [0.29, 0.717) is 48.7 Å². The number of aromatic nitrogens is 2. The van der Waals surface area contributed by atoms with Gasteiger partial charge in [0.15, 0.2) is 0 Å². The molecule has 0 saturated heterocycles. The molecule has 0 fully saturated rings. The maximum atomic E-state index is 14.5. The Bertz CT molecular complexity index is 1560. The summed E-state index contributed by atoms with van der Waals surface area (Å²) in [5.74, 6) is 0.493. The van der Waals surface area contributed by atoms with Crippen molar-refractivity contribution in [3.05, 3.63) is 122 Å². The largest absolute Gasteiger partial charge is 0.330 e. The minimum Gasteiger partial charge on any atom is -0.330 e. The maximum Gasteiger partial charge on any atom is 0.262 e. The summed E-state index contributed by atoms with van der Waals surface area (Å²) in [6.45, 7) is 13.4. The number of hydrogen-bond donors (Lipinski definition) is 1. The van der Waals surface area contributed by atoms with E-state index in [0.717, 1.165) is 22.3 Å². The van der Waals surface area contributed by atoms with Crippen molar-refractivity contribution in [1.82, 2.24) is 14.5 Å². The van der Waals surface area contributed by atoms with Gasteiger partial charge in [0, 0.05) is 12.1 Å². The quantitative estimate of drug-likeness (QED) is 0.248. The molecule has 1 unspecified atom stereocenters. The van der Waals surface area contributed by atoms with E-state index < -0.39 is 6.04 Å². The molecule has 1 amide bonds. The van der Waals surface area contributed by atoms with E-state index in [9.17, 15) is 9.59 Å². The molecule has 0 aliphatic heterocycles. The molecular weight excluding hydrogens is 508 g/mol. The molecule has 6 nitrogen and oxygen atoms in total. The summed E-state index contributed by atoms with van der Waals surface area (Å²) < 4.78 is 1.77. The van der Waals surface area contributed by atoms with Crippen molar-refractivity contribution in [2.24, 2.45) is 11.7 Å². The van der Waals surface area contributed by atoms with E-state index in [2.05, 4.69) is 33.8 Å². The van der Waals surface area contributed by atoms with Crippen LogP contribution in [0.4, 0.5) is 0 Å². The number of benzene rings is 3. The number of hydrogen-bond acceptors (Lipinski definition) is 4. The molecule has 1 aromatic heterocycles. The van der Waals surface area contributed by atoms with Crippen molar-refractivity contribution in [3.8, 4) is 11.1 Å². The molecule has 41 heavy (non-hydrogen) atoms. The SMILES string of the molecule is Cc1ccc(C(=O)N(CCCN)C(c2nc(C)c(-c3ccc(C)c(C)c3)c(=O)n2Cc2ccccc2)C(C)C)cc1. The van der Waals surface area contributed by atoms with Crippen molar-refractivity contribution in [1.29, 1.82) is 0 Å². The maximum absolute atomic E-state index is 14.5. The van der Waals surface area contributed by atoms with Gasteiger partial charge in [-0.3, -0.25) is 14.2 Å². The molecule has 2 N–H and O–H groups in total. The minimum atomic E-state index is -0.431. The summed E-state index contributed by atoms with van der Waals surface area (Å²) in [6, 6.07) is 23.2. The standard InChI is InChI=1S/C35H42N4O2/c1-23(2)32(38(20-10-19-36)34(40)29-16-13-24(3)14-17-29)33-37-27(6)31(30-18-15-25(4)26(5)21-30)35(41)39(33)22-28-11-8-7-9-12-28/h7-9,11-18,21,23,32H,10,19-20,22,36H2,1-6H3. The predicted molar refractivity (Wildman–Crippen MR) is 167 cm³/mol. The molecule has 4 rings (SSSR count). The predicted octanol–water partition coefficient (Wildman–Crippen LogP) is 6.38. The fraction of sp³-hybridized carbons (Fsp3) is 0.343. The fourth-order valence-electron chi connectivity index (χ4n) is 5.34. The Morgan fingerprint density at radius 1 is 0.927 bits per heavy atom. The molecule has 1 atom stereocenters. The van der Waals surface area contributed by atoms with Crippen molar-refractivity contribution in [2.45, 2.75) is 60.5 Å². The molecule has 4 aromatic rings. The second kappa shape index (κ2) is 13.1. The van der Waals surface area contributed by atoms with Crippen LogP contribution in [0.25, 0.3) is 11.1 Å². The van der Waals surface area contributed by atoms with Gasteiger partial charge in [-0.2, -0.15) is 0 Å². The van der Waals surface area contributed by atoms with Gasteiger partial charge in [0.05, 0.1) is 23.8 Å². The highest BCUT2D eigenvalue weighted by Gasteiger charge is 2.33. The van der Waals surface area contributed by atoms with Gasteiger partial charge < -0.3 is 10.6 Å². The lowest BCUT2D eigenvalue weighted by Crippen LogP contribution is -2.42. The Labute approximate surface area is 243 Å². The average molecular weight is 551 g/mol. The first-order chi connectivity index (χ1) is 19.6. The van der Waals surface area contributed by atoms with Gasteiger partial charge in [-0.05, 0) is 81.0 Å². The van der Waals surface area contributed by atoms with Gasteiger partial charge in [0.25, 0.3) is 11.5 Å². The second-order valence-electron chi connectivity index (χ2n) is 11.3. The third kappa shape index (κ3) is 6.66.